The summed E-state index contributed by atoms with van der Waals surface area (Å²) in [5.74, 6) is 5.49. The minimum Gasteiger partial charge on any atom is -0.444 e. The first-order valence-electron chi connectivity index (χ1n) is 10.9. The van der Waals surface area contributed by atoms with E-state index in [9.17, 15) is 14.7 Å². The molecule has 0 unspecified atom stereocenters. The van der Waals surface area contributed by atoms with Crippen LogP contribution in [0.2, 0.25) is 0 Å². The summed E-state index contributed by atoms with van der Waals surface area (Å²) < 4.78 is 11.9. The Morgan fingerprint density at radius 2 is 2.03 bits per heavy atom. The number of aliphatic hydroxyl groups excluding tert-OH is 1. The van der Waals surface area contributed by atoms with Crippen molar-refractivity contribution in [3.8, 4) is 11.8 Å². The van der Waals surface area contributed by atoms with E-state index >= 15 is 0 Å². The zero-order chi connectivity index (χ0) is 23.1. The van der Waals surface area contributed by atoms with E-state index in [1.54, 1.807) is 32.6 Å². The predicted molar refractivity (Wildman–Crippen MR) is 115 cm³/mol. The van der Waals surface area contributed by atoms with Crippen LogP contribution in [0.15, 0.2) is 24.3 Å². The first kappa shape index (κ1) is 21.3. The first-order valence-corrected chi connectivity index (χ1v) is 10.9. The highest BCUT2D eigenvalue weighted by molar-refractivity contribution is 6.07. The van der Waals surface area contributed by atoms with Gasteiger partial charge < -0.3 is 14.6 Å². The van der Waals surface area contributed by atoms with Crippen LogP contribution in [-0.4, -0.2) is 65.1 Å². The Kier molecular flexibility index (Phi) is 4.45. The summed E-state index contributed by atoms with van der Waals surface area (Å²) >= 11 is 0. The Morgan fingerprint density at radius 1 is 1.31 bits per heavy atom. The molecular formula is C24H28N2O6. The second kappa shape index (κ2) is 6.70. The third-order valence-corrected chi connectivity index (χ3v) is 7.24. The number of carbonyl (C=O) groups is 2. The molecule has 1 N–H and O–H groups in total. The van der Waals surface area contributed by atoms with E-state index in [4.69, 9.17) is 14.3 Å². The van der Waals surface area contributed by atoms with Gasteiger partial charge in [0.25, 0.3) is 5.91 Å². The number of benzene rings is 1. The van der Waals surface area contributed by atoms with E-state index < -0.39 is 34.9 Å². The fourth-order valence-corrected chi connectivity index (χ4v) is 6.18. The van der Waals surface area contributed by atoms with Crippen LogP contribution in [0.3, 0.4) is 0 Å². The van der Waals surface area contributed by atoms with E-state index in [1.165, 1.54) is 12.2 Å². The van der Waals surface area contributed by atoms with Crippen LogP contribution in [0.4, 0.5) is 10.5 Å². The van der Waals surface area contributed by atoms with E-state index in [2.05, 4.69) is 11.8 Å². The molecule has 6 aliphatic rings. The van der Waals surface area contributed by atoms with Crippen LogP contribution < -0.4 is 5.06 Å². The zero-order valence-electron chi connectivity index (χ0n) is 18.9. The number of amides is 2. The van der Waals surface area contributed by atoms with Gasteiger partial charge in [-0.3, -0.25) is 14.5 Å². The minimum absolute atomic E-state index is 0.232. The van der Waals surface area contributed by atoms with Gasteiger partial charge in [0.15, 0.2) is 0 Å². The van der Waals surface area contributed by atoms with Crippen LogP contribution in [0.1, 0.15) is 39.7 Å². The lowest BCUT2D eigenvalue weighted by Crippen LogP contribution is -2.81. The second-order valence-corrected chi connectivity index (χ2v) is 9.90. The Labute approximate surface area is 187 Å². The van der Waals surface area contributed by atoms with Gasteiger partial charge in [-0.25, -0.2) is 4.79 Å². The van der Waals surface area contributed by atoms with Gasteiger partial charge in [-0.1, -0.05) is 24.1 Å². The maximum Gasteiger partial charge on any atom is 0.411 e. The summed E-state index contributed by atoms with van der Waals surface area (Å²) in [4.78, 5) is 34.1. The first-order chi connectivity index (χ1) is 15.1. The van der Waals surface area contributed by atoms with E-state index in [-0.39, 0.29) is 17.9 Å². The number of aliphatic hydroxyl groups is 1. The molecule has 4 saturated heterocycles. The molecule has 1 aliphatic carbocycles. The maximum absolute atomic E-state index is 13.8. The van der Waals surface area contributed by atoms with Crippen LogP contribution in [0.25, 0.3) is 0 Å². The van der Waals surface area contributed by atoms with Gasteiger partial charge in [0.2, 0.25) is 0 Å². The second-order valence-electron chi connectivity index (χ2n) is 9.90. The van der Waals surface area contributed by atoms with Crippen molar-refractivity contribution in [3.63, 3.8) is 0 Å². The molecule has 0 radical (unpaired) electrons. The molecule has 1 aromatic rings. The maximum atomic E-state index is 13.8. The molecular weight excluding hydrogens is 412 g/mol. The van der Waals surface area contributed by atoms with Crippen molar-refractivity contribution in [2.45, 2.75) is 68.9 Å². The van der Waals surface area contributed by atoms with Crippen molar-refractivity contribution in [2.75, 3.05) is 18.8 Å². The fourth-order valence-electron chi connectivity index (χ4n) is 6.18. The largest absolute Gasteiger partial charge is 0.444 e. The lowest BCUT2D eigenvalue weighted by Gasteiger charge is -2.63. The van der Waals surface area contributed by atoms with E-state index in [1.807, 2.05) is 24.3 Å². The zero-order valence-corrected chi connectivity index (χ0v) is 18.9. The highest BCUT2D eigenvalue weighted by Crippen LogP contribution is 2.62. The van der Waals surface area contributed by atoms with Gasteiger partial charge in [-0.2, -0.15) is 5.06 Å². The molecule has 170 valence electrons. The topological polar surface area (TPSA) is 88.5 Å². The molecule has 1 saturated carbocycles. The number of anilines is 1. The Balaban J connectivity index is 1.69. The molecule has 5 heterocycles. The van der Waals surface area contributed by atoms with Crippen molar-refractivity contribution in [3.05, 3.63) is 29.8 Å². The fraction of sp³-hybridized carbons (Fsp3) is 0.583. The average Bonchev–Trinajstić information content (AvgIpc) is 2.80. The van der Waals surface area contributed by atoms with Gasteiger partial charge in [-0.15, -0.1) is 5.92 Å². The number of carbonyl (C=O) groups excluding carboxylic acids is 2. The summed E-state index contributed by atoms with van der Waals surface area (Å²) in [5.41, 5.74) is -1.72. The summed E-state index contributed by atoms with van der Waals surface area (Å²) in [7, 11) is 1.44. The van der Waals surface area contributed by atoms with Crippen molar-refractivity contribution in [2.24, 2.45) is 5.92 Å². The van der Waals surface area contributed by atoms with Crippen LogP contribution in [0.5, 0.6) is 0 Å². The molecule has 32 heavy (non-hydrogen) atoms. The van der Waals surface area contributed by atoms with Crippen LogP contribution in [0, 0.1) is 17.8 Å². The predicted octanol–water partition coefficient (Wildman–Crippen LogP) is 1.99. The summed E-state index contributed by atoms with van der Waals surface area (Å²) in [6, 6.07) is 7.00. The Hall–Kier alpha value is -2.60. The number of ether oxygens (including phenoxy) is 2. The SMILES string of the molecule is CC#C[C@]12[C@@H]3CO[C@H]([C@@H]1O)[C@@]1(C[C@@H]3N2C(=O)OC(C)(C)C)C(=O)N(OC)c2ccccc21. The smallest absolute Gasteiger partial charge is 0.411 e. The highest BCUT2D eigenvalue weighted by Gasteiger charge is 2.78. The molecule has 0 aromatic heterocycles. The van der Waals surface area contributed by atoms with E-state index in [0.717, 1.165) is 5.56 Å². The molecule has 8 nitrogen and oxygen atoms in total. The Bertz CT molecular complexity index is 1050. The van der Waals surface area contributed by atoms with Crippen molar-refractivity contribution in [1.29, 1.82) is 0 Å². The number of hydroxylamine groups is 1. The molecule has 8 heteroatoms. The molecule has 7 rings (SSSR count). The molecule has 6 atom stereocenters. The van der Waals surface area contributed by atoms with E-state index in [0.29, 0.717) is 18.7 Å². The highest BCUT2D eigenvalue weighted by atomic mass is 16.7. The summed E-state index contributed by atoms with van der Waals surface area (Å²) in [5, 5.41) is 13.0. The van der Waals surface area contributed by atoms with Crippen LogP contribution in [-0.2, 0) is 24.5 Å². The molecule has 1 spiro atoms. The molecule has 2 amide bonds. The van der Waals surface area contributed by atoms with Gasteiger partial charge >= 0.3 is 6.09 Å². The van der Waals surface area contributed by atoms with Crippen molar-refractivity contribution < 1.29 is 29.0 Å². The standard InChI is InChI=1S/C24H28N2O6/c1-6-11-24-15-13-31-19(18(24)27)23(12-17(15)25(24)21(29)32-22(2,3)4)14-9-7-8-10-16(14)26(30-5)20(23)28/h7-10,15,17-19,27H,12-13H2,1-5H3/t15-,17+,18+,19-,23+,24+/m1/s1. The minimum atomic E-state index is -1.20. The molecule has 1 aromatic carbocycles. The van der Waals surface area contributed by atoms with Crippen molar-refractivity contribution >= 4 is 17.7 Å². The molecule has 5 fully saturated rings. The normalized spacial score (nSPS) is 36.9. The third kappa shape index (κ3) is 2.39. The number of hydrogen-bond acceptors (Lipinski definition) is 6. The Morgan fingerprint density at radius 3 is 2.69 bits per heavy atom. The molecule has 5 aliphatic heterocycles. The summed E-state index contributed by atoms with van der Waals surface area (Å²) in [6.45, 7) is 7.37. The van der Waals surface area contributed by atoms with Gasteiger partial charge in [0, 0.05) is 12.0 Å². The number of para-hydroxylation sites is 1. The lowest BCUT2D eigenvalue weighted by molar-refractivity contribution is -0.224. The number of nitrogens with zero attached hydrogens (tertiary/aromatic N) is 2. The van der Waals surface area contributed by atoms with Gasteiger partial charge in [0.05, 0.1) is 19.4 Å². The summed E-state index contributed by atoms with van der Waals surface area (Å²) in [6.07, 6.45) is -2.33. The van der Waals surface area contributed by atoms with Crippen molar-refractivity contribution in [1.82, 2.24) is 4.90 Å². The number of hydrogen-bond donors (Lipinski definition) is 1. The number of fused-ring (bicyclic) bond motifs is 2. The lowest BCUT2D eigenvalue weighted by atomic mass is 9.65. The van der Waals surface area contributed by atoms with Crippen LogP contribution >= 0.6 is 0 Å². The quantitative estimate of drug-likeness (QED) is 0.672. The monoisotopic (exact) mass is 440 g/mol. The average molecular weight is 440 g/mol. The molecule has 4 bridgehead atoms. The third-order valence-electron chi connectivity index (χ3n) is 7.24. The van der Waals surface area contributed by atoms with Gasteiger partial charge in [0.1, 0.15) is 28.8 Å². The van der Waals surface area contributed by atoms with Gasteiger partial charge in [-0.05, 0) is 45.7 Å². The number of rotatable bonds is 1.